The number of ether oxygens (including phenoxy) is 1. The number of hydrogen-bond acceptors (Lipinski definition) is 3. The van der Waals surface area contributed by atoms with Crippen LogP contribution in [0.4, 0.5) is 11.4 Å². The van der Waals surface area contributed by atoms with Gasteiger partial charge in [0.15, 0.2) is 0 Å². The highest BCUT2D eigenvalue weighted by atomic mass is 16.5. The van der Waals surface area contributed by atoms with Crippen LogP contribution in [0.25, 0.3) is 0 Å². The number of nitrogens with two attached hydrogens (primary N) is 1. The first kappa shape index (κ1) is 15.6. The molecule has 0 aliphatic heterocycles. The second-order valence-electron chi connectivity index (χ2n) is 5.38. The molecule has 3 aromatic carbocycles. The smallest absolute Gasteiger partial charge is 0.255 e. The van der Waals surface area contributed by atoms with Gasteiger partial charge < -0.3 is 15.8 Å². The molecule has 0 aliphatic rings. The Bertz CT molecular complexity index is 815. The van der Waals surface area contributed by atoms with Crippen LogP contribution in [0.3, 0.4) is 0 Å². The van der Waals surface area contributed by atoms with E-state index in [1.54, 1.807) is 24.3 Å². The lowest BCUT2D eigenvalue weighted by molar-refractivity contribution is 0.102. The lowest BCUT2D eigenvalue weighted by Crippen LogP contribution is -2.12. The van der Waals surface area contributed by atoms with Crippen LogP contribution in [0.5, 0.6) is 5.75 Å². The maximum absolute atomic E-state index is 12.2. The molecule has 120 valence electrons. The number of anilines is 2. The first-order chi connectivity index (χ1) is 11.7. The molecule has 0 heterocycles. The van der Waals surface area contributed by atoms with Gasteiger partial charge in [0.1, 0.15) is 12.4 Å². The van der Waals surface area contributed by atoms with Gasteiger partial charge in [-0.25, -0.2) is 0 Å². The average Bonchev–Trinajstić information content (AvgIpc) is 2.62. The summed E-state index contributed by atoms with van der Waals surface area (Å²) in [4.78, 5) is 12.2. The van der Waals surface area contributed by atoms with Gasteiger partial charge in [-0.2, -0.15) is 0 Å². The SMILES string of the molecule is Nc1cccc(C(=O)Nc2ccc(OCc3ccccc3)cc2)c1. The monoisotopic (exact) mass is 318 g/mol. The zero-order valence-corrected chi connectivity index (χ0v) is 13.1. The van der Waals surface area contributed by atoms with E-state index in [1.807, 2.05) is 54.6 Å². The number of nitrogens with one attached hydrogen (secondary N) is 1. The third-order valence-corrected chi connectivity index (χ3v) is 3.51. The van der Waals surface area contributed by atoms with Crippen molar-refractivity contribution in [2.24, 2.45) is 0 Å². The Balaban J connectivity index is 1.59. The van der Waals surface area contributed by atoms with Crippen LogP contribution in [-0.4, -0.2) is 5.91 Å². The fourth-order valence-electron chi connectivity index (χ4n) is 2.26. The third kappa shape index (κ3) is 4.14. The topological polar surface area (TPSA) is 64.4 Å². The Kier molecular flexibility index (Phi) is 4.77. The van der Waals surface area contributed by atoms with Crippen molar-refractivity contribution >= 4 is 17.3 Å². The first-order valence-corrected chi connectivity index (χ1v) is 7.64. The van der Waals surface area contributed by atoms with Gasteiger partial charge in [-0.15, -0.1) is 0 Å². The Morgan fingerprint density at radius 2 is 1.67 bits per heavy atom. The van der Waals surface area contributed by atoms with Crippen LogP contribution in [0.2, 0.25) is 0 Å². The maximum atomic E-state index is 12.2. The summed E-state index contributed by atoms with van der Waals surface area (Å²) in [5.41, 5.74) is 8.60. The molecule has 0 radical (unpaired) electrons. The number of rotatable bonds is 5. The van der Waals surface area contributed by atoms with E-state index in [1.165, 1.54) is 0 Å². The molecule has 0 saturated heterocycles. The van der Waals surface area contributed by atoms with Crippen molar-refractivity contribution in [3.63, 3.8) is 0 Å². The van der Waals surface area contributed by atoms with E-state index in [-0.39, 0.29) is 5.91 Å². The van der Waals surface area contributed by atoms with Crippen LogP contribution in [-0.2, 0) is 6.61 Å². The van der Waals surface area contributed by atoms with Crippen LogP contribution >= 0.6 is 0 Å². The van der Waals surface area contributed by atoms with E-state index in [9.17, 15) is 4.79 Å². The maximum Gasteiger partial charge on any atom is 0.255 e. The zero-order chi connectivity index (χ0) is 16.8. The minimum absolute atomic E-state index is 0.194. The first-order valence-electron chi connectivity index (χ1n) is 7.64. The molecule has 4 nitrogen and oxygen atoms in total. The second kappa shape index (κ2) is 7.33. The molecule has 3 rings (SSSR count). The fraction of sp³-hybridized carbons (Fsp3) is 0.0500. The van der Waals surface area contributed by atoms with E-state index in [4.69, 9.17) is 10.5 Å². The Morgan fingerprint density at radius 3 is 2.38 bits per heavy atom. The molecule has 0 unspecified atom stereocenters. The number of nitrogen functional groups attached to an aromatic ring is 1. The molecule has 0 spiro atoms. The van der Waals surface area contributed by atoms with Crippen molar-refractivity contribution in [3.8, 4) is 5.75 Å². The van der Waals surface area contributed by atoms with Gasteiger partial charge >= 0.3 is 0 Å². The van der Waals surface area contributed by atoms with Gasteiger partial charge in [0, 0.05) is 16.9 Å². The number of amides is 1. The van der Waals surface area contributed by atoms with Crippen LogP contribution in [0.1, 0.15) is 15.9 Å². The molecule has 0 aromatic heterocycles. The molecule has 0 bridgehead atoms. The molecular formula is C20H18N2O2. The summed E-state index contributed by atoms with van der Waals surface area (Å²) in [6, 6.07) is 24.1. The zero-order valence-electron chi connectivity index (χ0n) is 13.1. The Morgan fingerprint density at radius 1 is 0.917 bits per heavy atom. The summed E-state index contributed by atoms with van der Waals surface area (Å²) >= 11 is 0. The molecular weight excluding hydrogens is 300 g/mol. The van der Waals surface area contributed by atoms with E-state index in [2.05, 4.69) is 5.32 Å². The van der Waals surface area contributed by atoms with E-state index in [0.29, 0.717) is 23.5 Å². The quantitative estimate of drug-likeness (QED) is 0.696. The highest BCUT2D eigenvalue weighted by Gasteiger charge is 2.06. The number of benzene rings is 3. The fourth-order valence-corrected chi connectivity index (χ4v) is 2.26. The molecule has 0 fully saturated rings. The van der Waals surface area contributed by atoms with Crippen molar-refractivity contribution in [1.82, 2.24) is 0 Å². The van der Waals surface area contributed by atoms with Crippen molar-refractivity contribution in [2.75, 3.05) is 11.1 Å². The Labute approximate surface area is 140 Å². The number of carbonyl (C=O) groups is 1. The van der Waals surface area contributed by atoms with Gasteiger partial charge in [0.2, 0.25) is 0 Å². The summed E-state index contributed by atoms with van der Waals surface area (Å²) in [6.45, 7) is 0.510. The van der Waals surface area contributed by atoms with Crippen molar-refractivity contribution < 1.29 is 9.53 Å². The number of carbonyl (C=O) groups excluding carboxylic acids is 1. The molecule has 3 aromatic rings. The summed E-state index contributed by atoms with van der Waals surface area (Å²) in [6.07, 6.45) is 0. The second-order valence-corrected chi connectivity index (χ2v) is 5.38. The van der Waals surface area contributed by atoms with Crippen LogP contribution in [0.15, 0.2) is 78.9 Å². The van der Waals surface area contributed by atoms with Gasteiger partial charge in [-0.1, -0.05) is 36.4 Å². The van der Waals surface area contributed by atoms with Gasteiger partial charge in [0.05, 0.1) is 0 Å². The summed E-state index contributed by atoms with van der Waals surface area (Å²) < 4.78 is 5.72. The van der Waals surface area contributed by atoms with E-state index >= 15 is 0 Å². The lowest BCUT2D eigenvalue weighted by Gasteiger charge is -2.09. The minimum atomic E-state index is -0.194. The van der Waals surface area contributed by atoms with Crippen molar-refractivity contribution in [1.29, 1.82) is 0 Å². The van der Waals surface area contributed by atoms with Gasteiger partial charge in [0.25, 0.3) is 5.91 Å². The molecule has 0 atom stereocenters. The normalized spacial score (nSPS) is 10.2. The van der Waals surface area contributed by atoms with Gasteiger partial charge in [-0.3, -0.25) is 4.79 Å². The molecule has 0 saturated carbocycles. The van der Waals surface area contributed by atoms with E-state index in [0.717, 1.165) is 11.3 Å². The van der Waals surface area contributed by atoms with E-state index < -0.39 is 0 Å². The molecule has 4 heteroatoms. The average molecular weight is 318 g/mol. The summed E-state index contributed by atoms with van der Waals surface area (Å²) in [5, 5.41) is 2.84. The van der Waals surface area contributed by atoms with Crippen molar-refractivity contribution in [3.05, 3.63) is 90.0 Å². The standard InChI is InChI=1S/C20H18N2O2/c21-17-8-4-7-16(13-17)20(23)22-18-9-11-19(12-10-18)24-14-15-5-2-1-3-6-15/h1-13H,14,21H2,(H,22,23). The van der Waals surface area contributed by atoms with Gasteiger partial charge in [-0.05, 0) is 48.0 Å². The summed E-state index contributed by atoms with van der Waals surface area (Å²) in [7, 11) is 0. The molecule has 1 amide bonds. The Hall–Kier alpha value is -3.27. The van der Waals surface area contributed by atoms with Crippen LogP contribution in [0, 0.1) is 0 Å². The highest BCUT2D eigenvalue weighted by molar-refractivity contribution is 6.04. The highest BCUT2D eigenvalue weighted by Crippen LogP contribution is 2.18. The summed E-state index contributed by atoms with van der Waals surface area (Å²) in [5.74, 6) is 0.557. The van der Waals surface area contributed by atoms with Crippen molar-refractivity contribution in [2.45, 2.75) is 6.61 Å². The minimum Gasteiger partial charge on any atom is -0.489 e. The predicted octanol–water partition coefficient (Wildman–Crippen LogP) is 4.10. The predicted molar refractivity (Wildman–Crippen MR) is 96.0 cm³/mol. The van der Waals surface area contributed by atoms with Crippen LogP contribution < -0.4 is 15.8 Å². The molecule has 3 N–H and O–H groups in total. The molecule has 24 heavy (non-hydrogen) atoms. The largest absolute Gasteiger partial charge is 0.489 e. The third-order valence-electron chi connectivity index (χ3n) is 3.51. The lowest BCUT2D eigenvalue weighted by atomic mass is 10.2. The molecule has 0 aliphatic carbocycles. The number of hydrogen-bond donors (Lipinski definition) is 2.